The number of carbonyl (C=O) groups is 3. The molecule has 1 fully saturated rings. The summed E-state index contributed by atoms with van der Waals surface area (Å²) in [4.78, 5) is 38.6. The van der Waals surface area contributed by atoms with E-state index in [0.29, 0.717) is 0 Å². The van der Waals surface area contributed by atoms with E-state index < -0.39 is 29.7 Å². The first-order valence-electron chi connectivity index (χ1n) is 5.36. The maximum absolute atomic E-state index is 11.3. The van der Waals surface area contributed by atoms with E-state index in [4.69, 9.17) is 9.84 Å². The summed E-state index contributed by atoms with van der Waals surface area (Å²) in [6.07, 6.45) is -1.69. The Morgan fingerprint density at radius 2 is 1.83 bits per heavy atom. The van der Waals surface area contributed by atoms with Crippen LogP contribution in [0, 0.1) is 5.92 Å². The van der Waals surface area contributed by atoms with Crippen molar-refractivity contribution in [3.05, 3.63) is 0 Å². The molecule has 2 amide bonds. The van der Waals surface area contributed by atoms with Crippen LogP contribution in [0.5, 0.6) is 0 Å². The molecule has 0 atom stereocenters. The molecule has 1 saturated heterocycles. The largest absolute Gasteiger partial charge is 0.481 e. The SMILES string of the molecule is CC(C)(C)OC(=O)NOC(=O)N1CC(C(=O)O)C1. The monoisotopic (exact) mass is 260 g/mol. The van der Waals surface area contributed by atoms with Crippen molar-refractivity contribution in [3.63, 3.8) is 0 Å². The van der Waals surface area contributed by atoms with Crippen LogP contribution in [-0.2, 0) is 14.4 Å². The van der Waals surface area contributed by atoms with Crippen LogP contribution in [0.3, 0.4) is 0 Å². The standard InChI is InChI=1S/C10H16N2O6/c1-10(2,3)17-8(15)11-18-9(16)12-4-6(5-12)7(13)14/h6H,4-5H2,1-3H3,(H,11,15)(H,13,14). The average Bonchev–Trinajstić information content (AvgIpc) is 2.08. The number of ether oxygens (including phenoxy) is 1. The number of hydrogen-bond donors (Lipinski definition) is 2. The van der Waals surface area contributed by atoms with Crippen molar-refractivity contribution in [1.29, 1.82) is 0 Å². The van der Waals surface area contributed by atoms with Gasteiger partial charge in [0.15, 0.2) is 0 Å². The van der Waals surface area contributed by atoms with Crippen molar-refractivity contribution in [2.75, 3.05) is 13.1 Å². The Hall–Kier alpha value is -1.99. The van der Waals surface area contributed by atoms with Crippen LogP contribution in [0.4, 0.5) is 9.59 Å². The number of carboxylic acid groups (broad SMARTS) is 1. The number of carboxylic acids is 1. The number of hydroxylamine groups is 1. The van der Waals surface area contributed by atoms with Gasteiger partial charge < -0.3 is 19.6 Å². The molecule has 18 heavy (non-hydrogen) atoms. The number of likely N-dealkylation sites (tertiary alicyclic amines) is 1. The molecule has 0 radical (unpaired) electrons. The Bertz CT molecular complexity index is 356. The van der Waals surface area contributed by atoms with E-state index in [2.05, 4.69) is 4.84 Å². The second-order valence-corrected chi connectivity index (χ2v) is 4.91. The normalized spacial score (nSPS) is 15.6. The molecular formula is C10H16N2O6. The quantitative estimate of drug-likeness (QED) is 0.668. The summed E-state index contributed by atoms with van der Waals surface area (Å²) in [5, 5.41) is 8.61. The molecule has 1 aliphatic rings. The lowest BCUT2D eigenvalue weighted by Crippen LogP contribution is -2.54. The number of hydrogen-bond acceptors (Lipinski definition) is 5. The first-order valence-corrected chi connectivity index (χ1v) is 5.36. The van der Waals surface area contributed by atoms with E-state index in [9.17, 15) is 14.4 Å². The summed E-state index contributed by atoms with van der Waals surface area (Å²) in [5.41, 5.74) is 1.14. The molecule has 0 aliphatic carbocycles. The lowest BCUT2D eigenvalue weighted by molar-refractivity contribution is -0.146. The number of nitrogens with zero attached hydrogens (tertiary/aromatic N) is 1. The maximum atomic E-state index is 11.3. The number of rotatable bonds is 1. The fraction of sp³-hybridized carbons (Fsp3) is 0.700. The van der Waals surface area contributed by atoms with Gasteiger partial charge >= 0.3 is 18.2 Å². The predicted octanol–water partition coefficient (Wildman–Crippen LogP) is 0.579. The van der Waals surface area contributed by atoms with E-state index in [1.165, 1.54) is 0 Å². The zero-order valence-corrected chi connectivity index (χ0v) is 10.4. The smallest absolute Gasteiger partial charge is 0.441 e. The third-order valence-electron chi connectivity index (χ3n) is 2.11. The summed E-state index contributed by atoms with van der Waals surface area (Å²) in [7, 11) is 0. The Kier molecular flexibility index (Phi) is 4.00. The van der Waals surface area contributed by atoms with Crippen molar-refractivity contribution < 1.29 is 29.1 Å². The predicted molar refractivity (Wildman–Crippen MR) is 58.5 cm³/mol. The van der Waals surface area contributed by atoms with Crippen molar-refractivity contribution in [3.8, 4) is 0 Å². The van der Waals surface area contributed by atoms with Crippen molar-refractivity contribution >= 4 is 18.2 Å². The molecule has 1 aliphatic heterocycles. The molecule has 1 heterocycles. The molecule has 8 heteroatoms. The van der Waals surface area contributed by atoms with Gasteiger partial charge in [0.1, 0.15) is 5.60 Å². The number of carbonyl (C=O) groups excluding carboxylic acids is 2. The van der Waals surface area contributed by atoms with Gasteiger partial charge in [-0.2, -0.15) is 0 Å². The first-order chi connectivity index (χ1) is 8.19. The van der Waals surface area contributed by atoms with E-state index in [-0.39, 0.29) is 13.1 Å². The molecule has 0 aromatic heterocycles. The fourth-order valence-corrected chi connectivity index (χ4v) is 1.23. The third-order valence-corrected chi connectivity index (χ3v) is 2.11. The van der Waals surface area contributed by atoms with Gasteiger partial charge in [-0.3, -0.25) is 4.79 Å². The van der Waals surface area contributed by atoms with E-state index in [1.807, 2.05) is 5.48 Å². The summed E-state index contributed by atoms with van der Waals surface area (Å²) >= 11 is 0. The molecule has 0 spiro atoms. The molecule has 8 nitrogen and oxygen atoms in total. The Balaban J connectivity index is 2.23. The van der Waals surface area contributed by atoms with Gasteiger partial charge in [0.05, 0.1) is 5.92 Å². The zero-order valence-electron chi connectivity index (χ0n) is 10.4. The molecule has 102 valence electrons. The molecular weight excluding hydrogens is 244 g/mol. The molecule has 0 saturated carbocycles. The fourth-order valence-electron chi connectivity index (χ4n) is 1.23. The minimum Gasteiger partial charge on any atom is -0.481 e. The minimum atomic E-state index is -0.959. The van der Waals surface area contributed by atoms with Crippen LogP contribution in [0.1, 0.15) is 20.8 Å². The van der Waals surface area contributed by atoms with Crippen LogP contribution >= 0.6 is 0 Å². The van der Waals surface area contributed by atoms with Gasteiger partial charge in [0.2, 0.25) is 0 Å². The summed E-state index contributed by atoms with van der Waals surface area (Å²) < 4.78 is 4.84. The van der Waals surface area contributed by atoms with E-state index in [0.717, 1.165) is 4.90 Å². The van der Waals surface area contributed by atoms with Crippen molar-refractivity contribution in [2.45, 2.75) is 26.4 Å². The maximum Gasteiger partial charge on any atom is 0.441 e. The molecule has 2 N–H and O–H groups in total. The second-order valence-electron chi connectivity index (χ2n) is 4.91. The molecule has 0 bridgehead atoms. The van der Waals surface area contributed by atoms with Crippen LogP contribution in [0.25, 0.3) is 0 Å². The van der Waals surface area contributed by atoms with Crippen LogP contribution < -0.4 is 5.48 Å². The van der Waals surface area contributed by atoms with Crippen LogP contribution in [-0.4, -0.2) is 46.9 Å². The molecule has 0 unspecified atom stereocenters. The Morgan fingerprint density at radius 1 is 1.28 bits per heavy atom. The van der Waals surface area contributed by atoms with Gasteiger partial charge in [-0.1, -0.05) is 0 Å². The number of aliphatic carboxylic acids is 1. The molecule has 0 aromatic rings. The minimum absolute atomic E-state index is 0.0736. The van der Waals surface area contributed by atoms with Gasteiger partial charge in [-0.05, 0) is 20.8 Å². The zero-order chi connectivity index (χ0) is 13.9. The average molecular weight is 260 g/mol. The van der Waals surface area contributed by atoms with Gasteiger partial charge in [0, 0.05) is 13.1 Å². The van der Waals surface area contributed by atoms with E-state index >= 15 is 0 Å². The van der Waals surface area contributed by atoms with Gasteiger partial charge in [-0.25, -0.2) is 9.59 Å². The lowest BCUT2D eigenvalue weighted by Gasteiger charge is -2.35. The van der Waals surface area contributed by atoms with E-state index in [1.54, 1.807) is 20.8 Å². The number of amides is 2. The summed E-state index contributed by atoms with van der Waals surface area (Å²) in [5.74, 6) is -1.53. The first kappa shape index (κ1) is 14.1. The second kappa shape index (κ2) is 5.11. The van der Waals surface area contributed by atoms with Crippen LogP contribution in [0.15, 0.2) is 0 Å². The highest BCUT2D eigenvalue weighted by atomic mass is 16.7. The highest BCUT2D eigenvalue weighted by Gasteiger charge is 2.37. The molecule has 0 aromatic carbocycles. The van der Waals surface area contributed by atoms with Crippen molar-refractivity contribution in [1.82, 2.24) is 10.4 Å². The highest BCUT2D eigenvalue weighted by molar-refractivity contribution is 5.77. The summed E-state index contributed by atoms with van der Waals surface area (Å²) in [6.45, 7) is 5.15. The van der Waals surface area contributed by atoms with Gasteiger partial charge in [-0.15, -0.1) is 5.48 Å². The number of nitrogens with one attached hydrogen (secondary N) is 1. The lowest BCUT2D eigenvalue weighted by atomic mass is 10.0. The van der Waals surface area contributed by atoms with Crippen molar-refractivity contribution in [2.24, 2.45) is 5.92 Å². The topological polar surface area (TPSA) is 105 Å². The third kappa shape index (κ3) is 4.11. The van der Waals surface area contributed by atoms with Gasteiger partial charge in [0.25, 0.3) is 0 Å². The molecule has 1 rings (SSSR count). The summed E-state index contributed by atoms with van der Waals surface area (Å²) in [6, 6.07) is 0. The van der Waals surface area contributed by atoms with Crippen LogP contribution in [0.2, 0.25) is 0 Å². The highest BCUT2D eigenvalue weighted by Crippen LogP contribution is 2.16. The Labute approximate surface area is 104 Å². The Morgan fingerprint density at radius 3 is 2.28 bits per heavy atom.